The van der Waals surface area contributed by atoms with Crippen LogP contribution in [0.3, 0.4) is 0 Å². The molecule has 0 aliphatic rings. The van der Waals surface area contributed by atoms with Gasteiger partial charge in [-0.05, 0) is 0 Å². The summed E-state index contributed by atoms with van der Waals surface area (Å²) >= 11 is 0. The average Bonchev–Trinajstić information content (AvgIpc) is 0.722. The van der Waals surface area contributed by atoms with Crippen LogP contribution in [0.4, 0.5) is 0 Å². The maximum absolute atomic E-state index is 8.52. The van der Waals surface area contributed by atoms with E-state index in [4.69, 9.17) is 17.5 Å². The Morgan fingerprint density at radius 2 is 0.615 bits per heavy atom. The number of hydrogen-bond acceptors (Lipinski definition) is 4. The van der Waals surface area contributed by atoms with Crippen molar-refractivity contribution in [3.05, 3.63) is 0 Å². The van der Waals surface area contributed by atoms with Gasteiger partial charge in [-0.1, -0.05) is 0 Å². The summed E-state index contributed by atoms with van der Waals surface area (Å²) in [6, 6.07) is 0. The van der Waals surface area contributed by atoms with Gasteiger partial charge in [0, 0.05) is 10.4 Å². The molecule has 88 valence electrons. The minimum Gasteiger partial charge on any atom is -0.759 e. The van der Waals surface area contributed by atoms with Crippen LogP contribution in [-0.2, 0) is 10.4 Å². The van der Waals surface area contributed by atoms with E-state index in [0.29, 0.717) is 0 Å². The first-order valence-electron chi connectivity index (χ1n) is 0.667. The summed E-state index contributed by atoms with van der Waals surface area (Å²) < 4.78 is 34.1. The monoisotopic (exact) mass is 310 g/mol. The van der Waals surface area contributed by atoms with Gasteiger partial charge in [-0.25, -0.2) is 0 Å². The molecule has 0 saturated carbocycles. The Morgan fingerprint density at radius 3 is 0.615 bits per heavy atom. The van der Waals surface area contributed by atoms with E-state index < -0.39 is 10.4 Å². The Kier molecular flexibility index (Phi) is 274. The van der Waals surface area contributed by atoms with Gasteiger partial charge in [0.15, 0.2) is 0 Å². The molecule has 0 aromatic heterocycles. The largest absolute Gasteiger partial charge is 2.00 e. The molecule has 13 heteroatoms. The van der Waals surface area contributed by atoms with E-state index in [0.717, 1.165) is 0 Å². The zero-order valence-electron chi connectivity index (χ0n) is 6.25. The fourth-order valence-corrected chi connectivity index (χ4v) is 0. The maximum atomic E-state index is 8.52. The molecule has 0 saturated heterocycles. The van der Waals surface area contributed by atoms with Crippen LogP contribution in [0, 0.1) is 0 Å². The summed E-state index contributed by atoms with van der Waals surface area (Å²) in [5.74, 6) is 0. The standard InChI is InChI=1S/H2O4S.7H2O.Sr/c1-5(2,3)4;;;;;;;;/h(H2,1,2,3,4);7*1H2;/q;;;;;;;;+2/p-2. The van der Waals surface area contributed by atoms with Gasteiger partial charge in [-0.3, -0.25) is 8.42 Å². The third-order valence-corrected chi connectivity index (χ3v) is 0. The average molecular weight is 310 g/mol. The predicted octanol–water partition coefficient (Wildman–Crippen LogP) is -7.49. The molecule has 0 rings (SSSR count). The minimum absolute atomic E-state index is 0. The van der Waals surface area contributed by atoms with Crippen molar-refractivity contribution in [1.82, 2.24) is 0 Å². The molecule has 0 aliphatic heterocycles. The van der Waals surface area contributed by atoms with E-state index in [-0.39, 0.29) is 83.8 Å². The Labute approximate surface area is 111 Å². The molecule has 0 fully saturated rings. The van der Waals surface area contributed by atoms with Crippen LogP contribution in [0.1, 0.15) is 0 Å². The van der Waals surface area contributed by atoms with Crippen molar-refractivity contribution in [3.8, 4) is 0 Å². The first kappa shape index (κ1) is 93.5. The van der Waals surface area contributed by atoms with Crippen molar-refractivity contribution in [1.29, 1.82) is 0 Å². The summed E-state index contributed by atoms with van der Waals surface area (Å²) in [5.41, 5.74) is 0. The van der Waals surface area contributed by atoms with Crippen molar-refractivity contribution < 1.29 is 55.9 Å². The second-order valence-electron chi connectivity index (χ2n) is 0.408. The molecule has 0 aromatic carbocycles. The molecule has 0 unspecified atom stereocenters. The van der Waals surface area contributed by atoms with E-state index >= 15 is 0 Å². The van der Waals surface area contributed by atoms with Gasteiger partial charge in [-0.15, -0.1) is 0 Å². The first-order valence-corrected chi connectivity index (χ1v) is 2.00. The van der Waals surface area contributed by atoms with E-state index in [1.54, 1.807) is 0 Å². The molecular formula is H14O11SSr. The third kappa shape index (κ3) is 1400. The Bertz CT molecular complexity index is 93.3. The van der Waals surface area contributed by atoms with Gasteiger partial charge in [0.2, 0.25) is 0 Å². The van der Waals surface area contributed by atoms with E-state index in [2.05, 4.69) is 0 Å². The fourth-order valence-electron chi connectivity index (χ4n) is 0. The predicted molar refractivity (Wildman–Crippen MR) is 41.5 cm³/mol. The quantitative estimate of drug-likeness (QED) is 0.239. The van der Waals surface area contributed by atoms with Crippen LogP contribution in [0.25, 0.3) is 0 Å². The molecule has 14 N–H and O–H groups in total. The van der Waals surface area contributed by atoms with Crippen LogP contribution < -0.4 is 0 Å². The summed E-state index contributed by atoms with van der Waals surface area (Å²) in [6.07, 6.45) is 0. The Morgan fingerprint density at radius 1 is 0.615 bits per heavy atom. The van der Waals surface area contributed by atoms with Crippen molar-refractivity contribution in [2.24, 2.45) is 0 Å². The van der Waals surface area contributed by atoms with E-state index in [9.17, 15) is 0 Å². The summed E-state index contributed by atoms with van der Waals surface area (Å²) in [7, 11) is -5.17. The van der Waals surface area contributed by atoms with E-state index in [1.807, 2.05) is 0 Å². The smallest absolute Gasteiger partial charge is 0.759 e. The molecule has 0 bridgehead atoms. The van der Waals surface area contributed by atoms with Gasteiger partial charge >= 0.3 is 45.5 Å². The van der Waals surface area contributed by atoms with Gasteiger partial charge < -0.3 is 47.4 Å². The molecule has 0 heterocycles. The molecule has 11 nitrogen and oxygen atoms in total. The van der Waals surface area contributed by atoms with Gasteiger partial charge in [0.05, 0.1) is 0 Å². The number of rotatable bonds is 0. The van der Waals surface area contributed by atoms with Crippen molar-refractivity contribution >= 4 is 55.9 Å². The normalized spacial score (nSPS) is 4.46. The molecule has 0 radical (unpaired) electrons. The zero-order chi connectivity index (χ0) is 4.50. The topological polar surface area (TPSA) is 301 Å². The summed E-state index contributed by atoms with van der Waals surface area (Å²) in [4.78, 5) is 0. The molecule has 0 spiro atoms. The molecule has 0 atom stereocenters. The first-order chi connectivity index (χ1) is 2.00. The second-order valence-corrected chi connectivity index (χ2v) is 1.22. The second kappa shape index (κ2) is 38.1. The molecular weight excluding hydrogens is 296 g/mol. The fraction of sp³-hybridized carbons (Fsp3) is 0. The van der Waals surface area contributed by atoms with Gasteiger partial charge in [-0.2, -0.15) is 0 Å². The van der Waals surface area contributed by atoms with E-state index in [1.165, 1.54) is 0 Å². The molecule has 0 aliphatic carbocycles. The number of hydrogen-bond donors (Lipinski definition) is 0. The van der Waals surface area contributed by atoms with Gasteiger partial charge in [0.1, 0.15) is 0 Å². The Hall–Kier alpha value is 1.07. The Balaban J connectivity index is -0.00000000286. The molecule has 0 aromatic rings. The summed E-state index contributed by atoms with van der Waals surface area (Å²) in [6.45, 7) is 0. The maximum Gasteiger partial charge on any atom is 2.00 e. The van der Waals surface area contributed by atoms with Crippen molar-refractivity contribution in [3.63, 3.8) is 0 Å². The van der Waals surface area contributed by atoms with Crippen LogP contribution in [0.5, 0.6) is 0 Å². The van der Waals surface area contributed by atoms with Crippen molar-refractivity contribution in [2.45, 2.75) is 0 Å². The van der Waals surface area contributed by atoms with Crippen LogP contribution >= 0.6 is 0 Å². The minimum atomic E-state index is -5.17. The SMILES string of the molecule is O.O.O.O.O.O.O.O=S(=O)([O-])[O-].[Sr+2]. The van der Waals surface area contributed by atoms with Crippen LogP contribution in [0.15, 0.2) is 0 Å². The van der Waals surface area contributed by atoms with Crippen LogP contribution in [0.2, 0.25) is 0 Å². The molecule has 13 heavy (non-hydrogen) atoms. The van der Waals surface area contributed by atoms with Crippen LogP contribution in [-0.4, -0.2) is 101 Å². The van der Waals surface area contributed by atoms with Crippen molar-refractivity contribution in [2.75, 3.05) is 0 Å². The zero-order valence-corrected chi connectivity index (χ0v) is 10.5. The van der Waals surface area contributed by atoms with Gasteiger partial charge in [0.25, 0.3) is 0 Å². The summed E-state index contributed by atoms with van der Waals surface area (Å²) in [5, 5.41) is 0. The third-order valence-electron chi connectivity index (χ3n) is 0. The molecule has 0 amide bonds.